The molecule has 0 fully saturated rings. The molecular weight excluding hydrogens is 266 g/mol. The Morgan fingerprint density at radius 3 is 2.14 bits per heavy atom. The summed E-state index contributed by atoms with van der Waals surface area (Å²) in [5, 5.41) is 2.75. The quantitative estimate of drug-likeness (QED) is 0.869. The Bertz CT molecular complexity index is 504. The fraction of sp³-hybridized carbons (Fsp3) is 0.500. The van der Waals surface area contributed by atoms with Crippen molar-refractivity contribution >= 4 is 17.5 Å². The number of carbonyl (C=O) groups is 2. The predicted octanol–water partition coefficient (Wildman–Crippen LogP) is 1.85. The zero-order valence-corrected chi connectivity index (χ0v) is 13.4. The molecule has 0 spiro atoms. The summed E-state index contributed by atoms with van der Waals surface area (Å²) in [6, 6.07) is 9.14. The molecule has 3 N–H and O–H groups in total. The van der Waals surface area contributed by atoms with Crippen molar-refractivity contribution in [2.45, 2.75) is 33.2 Å². The van der Waals surface area contributed by atoms with Crippen molar-refractivity contribution in [1.82, 2.24) is 4.90 Å². The molecule has 5 heteroatoms. The van der Waals surface area contributed by atoms with E-state index in [0.717, 1.165) is 0 Å². The number of rotatable bonds is 5. The van der Waals surface area contributed by atoms with Crippen molar-refractivity contribution in [3.05, 3.63) is 30.3 Å². The van der Waals surface area contributed by atoms with Crippen molar-refractivity contribution in [2.24, 2.45) is 11.1 Å². The molecule has 1 aromatic rings. The lowest BCUT2D eigenvalue weighted by atomic mass is 9.74. The number of nitrogens with one attached hydrogen (secondary N) is 1. The maximum atomic E-state index is 12.5. The van der Waals surface area contributed by atoms with E-state index >= 15 is 0 Å². The van der Waals surface area contributed by atoms with Gasteiger partial charge < -0.3 is 16.0 Å². The van der Waals surface area contributed by atoms with Crippen LogP contribution in [-0.4, -0.2) is 35.8 Å². The van der Waals surface area contributed by atoms with E-state index in [1.54, 1.807) is 33.0 Å². The average molecular weight is 291 g/mol. The SMILES string of the molecule is CN(CC(=O)Nc1ccccc1)C(=O)C(C)(C)C(C)(C)N. The summed E-state index contributed by atoms with van der Waals surface area (Å²) in [7, 11) is 1.61. The Morgan fingerprint density at radius 2 is 1.67 bits per heavy atom. The van der Waals surface area contributed by atoms with Gasteiger partial charge in [-0.3, -0.25) is 9.59 Å². The molecule has 116 valence electrons. The number of hydrogen-bond acceptors (Lipinski definition) is 3. The third kappa shape index (κ3) is 4.29. The summed E-state index contributed by atoms with van der Waals surface area (Å²) < 4.78 is 0. The standard InChI is InChI=1S/C16H25N3O2/c1-15(2,16(3,4)17)14(21)19(5)11-13(20)18-12-9-7-6-8-10-12/h6-10H,11,17H2,1-5H3,(H,18,20). The van der Waals surface area contributed by atoms with E-state index in [4.69, 9.17) is 5.73 Å². The van der Waals surface area contributed by atoms with Gasteiger partial charge >= 0.3 is 0 Å². The van der Waals surface area contributed by atoms with Gasteiger partial charge in [0.2, 0.25) is 11.8 Å². The van der Waals surface area contributed by atoms with Gasteiger partial charge in [-0.05, 0) is 39.8 Å². The minimum atomic E-state index is -0.755. The zero-order chi connectivity index (χ0) is 16.3. The van der Waals surface area contributed by atoms with E-state index in [1.807, 2.05) is 32.0 Å². The lowest BCUT2D eigenvalue weighted by Gasteiger charge is -2.39. The van der Waals surface area contributed by atoms with Gasteiger partial charge in [-0.1, -0.05) is 18.2 Å². The van der Waals surface area contributed by atoms with Gasteiger partial charge in [-0.2, -0.15) is 0 Å². The maximum Gasteiger partial charge on any atom is 0.243 e. The van der Waals surface area contributed by atoms with Crippen LogP contribution in [0.5, 0.6) is 0 Å². The molecule has 0 aliphatic rings. The second-order valence-corrected chi connectivity index (χ2v) is 6.42. The van der Waals surface area contributed by atoms with E-state index in [-0.39, 0.29) is 18.4 Å². The highest BCUT2D eigenvalue weighted by Crippen LogP contribution is 2.30. The topological polar surface area (TPSA) is 75.4 Å². The molecule has 0 aromatic heterocycles. The number of likely N-dealkylation sites (N-methyl/N-ethyl adjacent to an activating group) is 1. The van der Waals surface area contributed by atoms with Gasteiger partial charge in [-0.25, -0.2) is 0 Å². The van der Waals surface area contributed by atoms with Crippen molar-refractivity contribution in [3.8, 4) is 0 Å². The van der Waals surface area contributed by atoms with Crippen LogP contribution in [0.1, 0.15) is 27.7 Å². The monoisotopic (exact) mass is 291 g/mol. The van der Waals surface area contributed by atoms with Crippen molar-refractivity contribution in [2.75, 3.05) is 18.9 Å². The number of hydrogen-bond donors (Lipinski definition) is 2. The molecule has 0 bridgehead atoms. The molecule has 0 radical (unpaired) electrons. The third-order valence-electron chi connectivity index (χ3n) is 3.93. The lowest BCUT2D eigenvalue weighted by Crippen LogP contribution is -2.56. The number of para-hydroxylation sites is 1. The highest BCUT2D eigenvalue weighted by molar-refractivity contribution is 5.95. The first-order valence-electron chi connectivity index (χ1n) is 6.95. The first kappa shape index (κ1) is 17.2. The molecule has 0 aliphatic carbocycles. The molecule has 0 atom stereocenters. The number of nitrogens with zero attached hydrogens (tertiary/aromatic N) is 1. The number of benzene rings is 1. The largest absolute Gasteiger partial charge is 0.336 e. The molecule has 5 nitrogen and oxygen atoms in total. The average Bonchev–Trinajstić information content (AvgIpc) is 2.37. The van der Waals surface area contributed by atoms with E-state index in [2.05, 4.69) is 5.32 Å². The van der Waals surface area contributed by atoms with Crippen LogP contribution in [0.4, 0.5) is 5.69 Å². The first-order chi connectivity index (χ1) is 9.55. The van der Waals surface area contributed by atoms with E-state index in [1.165, 1.54) is 4.90 Å². The van der Waals surface area contributed by atoms with Crippen LogP contribution in [0.25, 0.3) is 0 Å². The van der Waals surface area contributed by atoms with E-state index in [0.29, 0.717) is 5.69 Å². The van der Waals surface area contributed by atoms with Crippen LogP contribution >= 0.6 is 0 Å². The van der Waals surface area contributed by atoms with E-state index in [9.17, 15) is 9.59 Å². The summed E-state index contributed by atoms with van der Waals surface area (Å²) in [5.74, 6) is -0.388. The van der Waals surface area contributed by atoms with Crippen LogP contribution in [0.15, 0.2) is 30.3 Å². The Morgan fingerprint density at radius 1 is 1.14 bits per heavy atom. The molecule has 0 saturated heterocycles. The summed E-state index contributed by atoms with van der Waals surface area (Å²) >= 11 is 0. The Labute approximate surface area is 126 Å². The second-order valence-electron chi connectivity index (χ2n) is 6.42. The van der Waals surface area contributed by atoms with Crippen LogP contribution in [0, 0.1) is 5.41 Å². The molecule has 0 aliphatic heterocycles. The Kier molecular flexibility index (Phi) is 5.12. The van der Waals surface area contributed by atoms with Gasteiger partial charge in [0, 0.05) is 18.3 Å². The van der Waals surface area contributed by atoms with Crippen LogP contribution in [0.3, 0.4) is 0 Å². The molecular formula is C16H25N3O2. The van der Waals surface area contributed by atoms with Crippen molar-refractivity contribution in [3.63, 3.8) is 0 Å². The number of anilines is 1. The molecule has 0 unspecified atom stereocenters. The minimum absolute atomic E-state index is 0.00671. The van der Waals surface area contributed by atoms with Gasteiger partial charge in [0.05, 0.1) is 12.0 Å². The predicted molar refractivity (Wildman–Crippen MR) is 84.8 cm³/mol. The Hall–Kier alpha value is -1.88. The fourth-order valence-corrected chi connectivity index (χ4v) is 1.76. The van der Waals surface area contributed by atoms with Gasteiger partial charge in [0.25, 0.3) is 0 Å². The van der Waals surface area contributed by atoms with Crippen molar-refractivity contribution < 1.29 is 9.59 Å². The molecule has 1 rings (SSSR count). The minimum Gasteiger partial charge on any atom is -0.336 e. The maximum absolute atomic E-state index is 12.5. The summed E-state index contributed by atoms with van der Waals surface area (Å²) in [6.45, 7) is 7.20. The highest BCUT2D eigenvalue weighted by Gasteiger charge is 2.42. The fourth-order valence-electron chi connectivity index (χ4n) is 1.76. The molecule has 0 heterocycles. The smallest absolute Gasteiger partial charge is 0.243 e. The molecule has 1 aromatic carbocycles. The third-order valence-corrected chi connectivity index (χ3v) is 3.93. The van der Waals surface area contributed by atoms with Crippen LogP contribution < -0.4 is 11.1 Å². The second kappa shape index (κ2) is 6.26. The molecule has 0 saturated carbocycles. The number of carbonyl (C=O) groups excluding carboxylic acids is 2. The summed E-state index contributed by atoms with van der Waals surface area (Å²) in [5.41, 5.74) is 5.34. The Balaban J connectivity index is 2.66. The normalized spacial score (nSPS) is 11.9. The van der Waals surface area contributed by atoms with Gasteiger partial charge in [0.15, 0.2) is 0 Å². The van der Waals surface area contributed by atoms with Gasteiger partial charge in [-0.15, -0.1) is 0 Å². The lowest BCUT2D eigenvalue weighted by molar-refractivity contribution is -0.144. The number of amides is 2. The molecule has 2 amide bonds. The van der Waals surface area contributed by atoms with E-state index < -0.39 is 11.0 Å². The number of nitrogens with two attached hydrogens (primary N) is 1. The van der Waals surface area contributed by atoms with Crippen LogP contribution in [0.2, 0.25) is 0 Å². The summed E-state index contributed by atoms with van der Waals surface area (Å²) in [4.78, 5) is 25.8. The van der Waals surface area contributed by atoms with Gasteiger partial charge in [0.1, 0.15) is 0 Å². The first-order valence-corrected chi connectivity index (χ1v) is 6.95. The van der Waals surface area contributed by atoms with Crippen molar-refractivity contribution in [1.29, 1.82) is 0 Å². The highest BCUT2D eigenvalue weighted by atomic mass is 16.2. The zero-order valence-electron chi connectivity index (χ0n) is 13.4. The summed E-state index contributed by atoms with van der Waals surface area (Å²) in [6.07, 6.45) is 0. The molecule has 21 heavy (non-hydrogen) atoms. The van der Waals surface area contributed by atoms with Crippen LogP contribution in [-0.2, 0) is 9.59 Å².